The van der Waals surface area contributed by atoms with Crippen LogP contribution in [-0.2, 0) is 0 Å². The van der Waals surface area contributed by atoms with Gasteiger partial charge in [-0.15, -0.1) is 11.3 Å². The fourth-order valence-corrected chi connectivity index (χ4v) is 2.27. The standard InChI is InChI=1S/C13H11NO4S/c1-9-4-2-5-10(14(16)17)13(9)18-8-11(15)12-6-3-7-19-12/h2-7H,8H2,1H3. The molecule has 0 spiro atoms. The van der Waals surface area contributed by atoms with Crippen LogP contribution in [-0.4, -0.2) is 17.3 Å². The van der Waals surface area contributed by atoms with E-state index in [2.05, 4.69) is 0 Å². The van der Waals surface area contributed by atoms with Crippen molar-refractivity contribution in [1.29, 1.82) is 0 Å². The molecule has 1 aromatic heterocycles. The third-order valence-corrected chi connectivity index (χ3v) is 3.44. The second-order valence-electron chi connectivity index (χ2n) is 3.87. The minimum absolute atomic E-state index is 0.126. The van der Waals surface area contributed by atoms with Gasteiger partial charge in [-0.1, -0.05) is 18.2 Å². The zero-order valence-corrected chi connectivity index (χ0v) is 11.0. The number of ketones is 1. The quantitative estimate of drug-likeness (QED) is 0.478. The highest BCUT2D eigenvalue weighted by molar-refractivity contribution is 7.12. The van der Waals surface area contributed by atoms with E-state index in [4.69, 9.17) is 4.74 Å². The molecule has 0 fully saturated rings. The number of rotatable bonds is 5. The predicted molar refractivity (Wildman–Crippen MR) is 72.0 cm³/mol. The van der Waals surface area contributed by atoms with E-state index in [-0.39, 0.29) is 23.8 Å². The van der Waals surface area contributed by atoms with Crippen LogP contribution in [0, 0.1) is 17.0 Å². The summed E-state index contributed by atoms with van der Waals surface area (Å²) in [6.07, 6.45) is 0. The Hall–Kier alpha value is -2.21. The molecule has 19 heavy (non-hydrogen) atoms. The smallest absolute Gasteiger partial charge is 0.311 e. The summed E-state index contributed by atoms with van der Waals surface area (Å²) in [5.74, 6) is -0.0371. The van der Waals surface area contributed by atoms with Gasteiger partial charge in [-0.05, 0) is 23.9 Å². The van der Waals surface area contributed by atoms with Crippen LogP contribution in [0.5, 0.6) is 5.75 Å². The normalized spacial score (nSPS) is 10.2. The molecule has 6 heteroatoms. The van der Waals surface area contributed by atoms with Crippen LogP contribution in [0.3, 0.4) is 0 Å². The first kappa shape index (κ1) is 13.2. The predicted octanol–water partition coefficient (Wildman–Crippen LogP) is 3.23. The van der Waals surface area contributed by atoms with E-state index in [0.717, 1.165) is 0 Å². The lowest BCUT2D eigenvalue weighted by molar-refractivity contribution is -0.385. The van der Waals surface area contributed by atoms with Crippen molar-refractivity contribution in [3.05, 3.63) is 56.3 Å². The number of hydrogen-bond donors (Lipinski definition) is 0. The van der Waals surface area contributed by atoms with Crippen LogP contribution in [0.1, 0.15) is 15.2 Å². The summed E-state index contributed by atoms with van der Waals surface area (Å²) in [6.45, 7) is 1.50. The molecular formula is C13H11NO4S. The van der Waals surface area contributed by atoms with Crippen molar-refractivity contribution in [1.82, 2.24) is 0 Å². The van der Waals surface area contributed by atoms with Crippen molar-refractivity contribution < 1.29 is 14.5 Å². The molecule has 2 rings (SSSR count). The van der Waals surface area contributed by atoms with Gasteiger partial charge in [0, 0.05) is 6.07 Å². The Balaban J connectivity index is 2.16. The molecule has 0 radical (unpaired) electrons. The van der Waals surface area contributed by atoms with Gasteiger partial charge in [0.05, 0.1) is 9.80 Å². The number of aryl methyl sites for hydroxylation is 1. The number of ether oxygens (including phenoxy) is 1. The monoisotopic (exact) mass is 277 g/mol. The number of nitro benzene ring substituents is 1. The number of thiophene rings is 1. The van der Waals surface area contributed by atoms with Gasteiger partial charge in [0.2, 0.25) is 11.5 Å². The molecule has 0 amide bonds. The highest BCUT2D eigenvalue weighted by Crippen LogP contribution is 2.30. The summed E-state index contributed by atoms with van der Waals surface area (Å²) in [7, 11) is 0. The van der Waals surface area contributed by atoms with Gasteiger partial charge >= 0.3 is 5.69 Å². The average Bonchev–Trinajstić information content (AvgIpc) is 2.90. The van der Waals surface area contributed by atoms with E-state index < -0.39 is 4.92 Å². The van der Waals surface area contributed by atoms with Crippen LogP contribution in [0.2, 0.25) is 0 Å². The van der Waals surface area contributed by atoms with Crippen molar-refractivity contribution in [2.45, 2.75) is 6.92 Å². The Labute approximate surface area is 113 Å². The summed E-state index contributed by atoms with van der Waals surface area (Å²) in [5, 5.41) is 12.7. The highest BCUT2D eigenvalue weighted by atomic mass is 32.1. The van der Waals surface area contributed by atoms with Gasteiger partial charge in [0.25, 0.3) is 0 Å². The zero-order valence-electron chi connectivity index (χ0n) is 10.2. The van der Waals surface area contributed by atoms with Gasteiger partial charge < -0.3 is 4.74 Å². The third kappa shape index (κ3) is 2.97. The first-order chi connectivity index (χ1) is 9.09. The maximum atomic E-state index is 11.8. The van der Waals surface area contributed by atoms with E-state index in [9.17, 15) is 14.9 Å². The lowest BCUT2D eigenvalue weighted by Crippen LogP contribution is -2.11. The molecule has 0 unspecified atom stereocenters. The molecule has 98 valence electrons. The fourth-order valence-electron chi connectivity index (χ4n) is 1.61. The molecule has 1 heterocycles. The number of Topliss-reactive ketones (excluding diaryl/α,β-unsaturated/α-hetero) is 1. The third-order valence-electron chi connectivity index (χ3n) is 2.53. The van der Waals surface area contributed by atoms with Crippen LogP contribution < -0.4 is 4.74 Å². The Morgan fingerprint density at radius 3 is 2.79 bits per heavy atom. The van der Waals surface area contributed by atoms with E-state index in [1.807, 2.05) is 0 Å². The average molecular weight is 277 g/mol. The van der Waals surface area contributed by atoms with Crippen molar-refractivity contribution in [2.75, 3.05) is 6.61 Å². The minimum atomic E-state index is -0.516. The molecule has 0 aliphatic heterocycles. The second kappa shape index (κ2) is 5.62. The minimum Gasteiger partial charge on any atom is -0.478 e. The Kier molecular flexibility index (Phi) is 3.91. The van der Waals surface area contributed by atoms with Crippen LogP contribution in [0.15, 0.2) is 35.7 Å². The number of nitro groups is 1. The number of carbonyl (C=O) groups excluding carboxylic acids is 1. The molecule has 0 saturated carbocycles. The van der Waals surface area contributed by atoms with Crippen molar-refractivity contribution in [3.8, 4) is 5.75 Å². The lowest BCUT2D eigenvalue weighted by atomic mass is 10.2. The van der Waals surface area contributed by atoms with Crippen molar-refractivity contribution >= 4 is 22.8 Å². The summed E-state index contributed by atoms with van der Waals surface area (Å²) < 4.78 is 5.33. The zero-order chi connectivity index (χ0) is 13.8. The molecule has 0 bridgehead atoms. The summed E-state index contributed by atoms with van der Waals surface area (Å²) in [6, 6.07) is 8.12. The number of para-hydroxylation sites is 1. The molecule has 1 aromatic carbocycles. The van der Waals surface area contributed by atoms with E-state index >= 15 is 0 Å². The number of carbonyl (C=O) groups is 1. The van der Waals surface area contributed by atoms with Gasteiger partial charge in [0.15, 0.2) is 6.61 Å². The maximum absolute atomic E-state index is 11.8. The van der Waals surface area contributed by atoms with E-state index in [1.165, 1.54) is 17.4 Å². The fraction of sp³-hybridized carbons (Fsp3) is 0.154. The first-order valence-corrected chi connectivity index (χ1v) is 6.41. The highest BCUT2D eigenvalue weighted by Gasteiger charge is 2.18. The van der Waals surface area contributed by atoms with Crippen LogP contribution >= 0.6 is 11.3 Å². The number of benzene rings is 1. The summed E-state index contributed by atoms with van der Waals surface area (Å²) in [4.78, 5) is 22.7. The topological polar surface area (TPSA) is 69.4 Å². The first-order valence-electron chi connectivity index (χ1n) is 5.53. The van der Waals surface area contributed by atoms with E-state index in [0.29, 0.717) is 10.4 Å². The van der Waals surface area contributed by atoms with Crippen molar-refractivity contribution in [2.24, 2.45) is 0 Å². The molecule has 0 atom stereocenters. The van der Waals surface area contributed by atoms with Crippen molar-refractivity contribution in [3.63, 3.8) is 0 Å². The Bertz CT molecular complexity index is 607. The molecule has 0 aliphatic carbocycles. The number of hydrogen-bond acceptors (Lipinski definition) is 5. The molecule has 5 nitrogen and oxygen atoms in total. The molecule has 0 N–H and O–H groups in total. The second-order valence-corrected chi connectivity index (χ2v) is 4.82. The maximum Gasteiger partial charge on any atom is 0.311 e. The van der Waals surface area contributed by atoms with Crippen LogP contribution in [0.4, 0.5) is 5.69 Å². The van der Waals surface area contributed by atoms with Gasteiger partial charge in [-0.2, -0.15) is 0 Å². The Morgan fingerprint density at radius 2 is 2.16 bits per heavy atom. The molecular weight excluding hydrogens is 266 g/mol. The number of nitrogens with zero attached hydrogens (tertiary/aromatic N) is 1. The summed E-state index contributed by atoms with van der Waals surface area (Å²) in [5.41, 5.74) is 0.507. The van der Waals surface area contributed by atoms with Gasteiger partial charge in [-0.3, -0.25) is 14.9 Å². The Morgan fingerprint density at radius 1 is 1.37 bits per heavy atom. The molecule has 0 saturated heterocycles. The van der Waals surface area contributed by atoms with Gasteiger partial charge in [-0.25, -0.2) is 0 Å². The molecule has 0 aliphatic rings. The van der Waals surface area contributed by atoms with E-state index in [1.54, 1.807) is 36.6 Å². The largest absolute Gasteiger partial charge is 0.478 e. The summed E-state index contributed by atoms with van der Waals surface area (Å²) >= 11 is 1.32. The lowest BCUT2D eigenvalue weighted by Gasteiger charge is -2.08. The SMILES string of the molecule is Cc1cccc([N+](=O)[O-])c1OCC(=O)c1cccs1. The van der Waals surface area contributed by atoms with Crippen LogP contribution in [0.25, 0.3) is 0 Å². The van der Waals surface area contributed by atoms with Gasteiger partial charge in [0.1, 0.15) is 0 Å². The molecule has 2 aromatic rings.